The van der Waals surface area contributed by atoms with Crippen LogP contribution in [0.4, 0.5) is 4.39 Å². The number of benzene rings is 2. The SMILES string of the molecule is CC(C)NCc1ccccc1-c1cccc(F)c1. The highest BCUT2D eigenvalue weighted by Gasteiger charge is 2.05. The topological polar surface area (TPSA) is 12.0 Å². The molecule has 0 atom stereocenters. The van der Waals surface area contributed by atoms with Gasteiger partial charge in [-0.1, -0.05) is 50.2 Å². The lowest BCUT2D eigenvalue weighted by Gasteiger charge is -2.12. The van der Waals surface area contributed by atoms with E-state index in [-0.39, 0.29) is 5.82 Å². The van der Waals surface area contributed by atoms with Gasteiger partial charge in [-0.25, -0.2) is 4.39 Å². The minimum atomic E-state index is -0.195. The van der Waals surface area contributed by atoms with E-state index >= 15 is 0 Å². The second kappa shape index (κ2) is 5.78. The molecule has 0 saturated carbocycles. The summed E-state index contributed by atoms with van der Waals surface area (Å²) in [5.41, 5.74) is 3.21. The molecule has 0 heterocycles. The molecule has 0 spiro atoms. The summed E-state index contributed by atoms with van der Waals surface area (Å²) in [7, 11) is 0. The number of nitrogens with one attached hydrogen (secondary N) is 1. The maximum Gasteiger partial charge on any atom is 0.123 e. The Morgan fingerprint density at radius 1 is 1.06 bits per heavy atom. The van der Waals surface area contributed by atoms with E-state index in [4.69, 9.17) is 0 Å². The fraction of sp³-hybridized carbons (Fsp3) is 0.250. The van der Waals surface area contributed by atoms with Gasteiger partial charge in [0.25, 0.3) is 0 Å². The van der Waals surface area contributed by atoms with Crippen LogP contribution in [0.1, 0.15) is 19.4 Å². The summed E-state index contributed by atoms with van der Waals surface area (Å²) < 4.78 is 13.3. The largest absolute Gasteiger partial charge is 0.310 e. The standard InChI is InChI=1S/C16H18FN/c1-12(2)18-11-14-6-3-4-9-16(14)13-7-5-8-15(17)10-13/h3-10,12,18H,11H2,1-2H3. The molecule has 2 aromatic rings. The van der Waals surface area contributed by atoms with Crippen LogP contribution in [0.5, 0.6) is 0 Å². The summed E-state index contributed by atoms with van der Waals surface area (Å²) in [5.74, 6) is -0.195. The summed E-state index contributed by atoms with van der Waals surface area (Å²) in [6, 6.07) is 15.3. The van der Waals surface area contributed by atoms with Crippen LogP contribution in [0, 0.1) is 5.82 Å². The van der Waals surface area contributed by atoms with Gasteiger partial charge in [-0.3, -0.25) is 0 Å². The summed E-state index contributed by atoms with van der Waals surface area (Å²) in [4.78, 5) is 0. The van der Waals surface area contributed by atoms with Crippen molar-refractivity contribution in [3.8, 4) is 11.1 Å². The molecule has 0 saturated heterocycles. The van der Waals surface area contributed by atoms with Crippen molar-refractivity contribution in [2.75, 3.05) is 0 Å². The minimum absolute atomic E-state index is 0.195. The molecule has 0 aliphatic heterocycles. The summed E-state index contributed by atoms with van der Waals surface area (Å²) in [6.07, 6.45) is 0. The van der Waals surface area contributed by atoms with Gasteiger partial charge in [-0.05, 0) is 28.8 Å². The van der Waals surface area contributed by atoms with Crippen molar-refractivity contribution in [1.29, 1.82) is 0 Å². The molecule has 0 radical (unpaired) electrons. The zero-order chi connectivity index (χ0) is 13.0. The van der Waals surface area contributed by atoms with E-state index in [9.17, 15) is 4.39 Å². The van der Waals surface area contributed by atoms with E-state index in [1.165, 1.54) is 11.6 Å². The Bertz CT molecular complexity index is 520. The highest BCUT2D eigenvalue weighted by atomic mass is 19.1. The van der Waals surface area contributed by atoms with Crippen LogP contribution >= 0.6 is 0 Å². The highest BCUT2D eigenvalue weighted by Crippen LogP contribution is 2.24. The molecule has 0 amide bonds. The van der Waals surface area contributed by atoms with E-state index < -0.39 is 0 Å². The highest BCUT2D eigenvalue weighted by molar-refractivity contribution is 5.67. The second-order valence-electron chi connectivity index (χ2n) is 4.70. The maximum atomic E-state index is 13.3. The van der Waals surface area contributed by atoms with Gasteiger partial charge in [0, 0.05) is 12.6 Å². The zero-order valence-corrected chi connectivity index (χ0v) is 10.8. The third kappa shape index (κ3) is 3.17. The van der Waals surface area contributed by atoms with Gasteiger partial charge in [-0.2, -0.15) is 0 Å². The van der Waals surface area contributed by atoms with Gasteiger partial charge in [0.2, 0.25) is 0 Å². The number of rotatable bonds is 4. The van der Waals surface area contributed by atoms with E-state index in [2.05, 4.69) is 25.2 Å². The van der Waals surface area contributed by atoms with Crippen LogP contribution in [0.3, 0.4) is 0 Å². The molecule has 2 rings (SSSR count). The predicted molar refractivity (Wildman–Crippen MR) is 73.8 cm³/mol. The lowest BCUT2D eigenvalue weighted by molar-refractivity contribution is 0.589. The van der Waals surface area contributed by atoms with E-state index in [1.54, 1.807) is 12.1 Å². The molecule has 0 aliphatic rings. The van der Waals surface area contributed by atoms with Crippen LogP contribution < -0.4 is 5.32 Å². The van der Waals surface area contributed by atoms with Crippen molar-refractivity contribution in [2.24, 2.45) is 0 Å². The van der Waals surface area contributed by atoms with Crippen LogP contribution in [0.2, 0.25) is 0 Å². The molecule has 1 N–H and O–H groups in total. The zero-order valence-electron chi connectivity index (χ0n) is 10.8. The third-order valence-corrected chi connectivity index (χ3v) is 2.85. The van der Waals surface area contributed by atoms with Gasteiger partial charge in [0.15, 0.2) is 0 Å². The average molecular weight is 243 g/mol. The summed E-state index contributed by atoms with van der Waals surface area (Å²) in [5, 5.41) is 3.39. The van der Waals surface area contributed by atoms with Crippen molar-refractivity contribution in [2.45, 2.75) is 26.4 Å². The monoisotopic (exact) mass is 243 g/mol. The van der Waals surface area contributed by atoms with Crippen LogP contribution in [0.25, 0.3) is 11.1 Å². The number of hydrogen-bond acceptors (Lipinski definition) is 1. The minimum Gasteiger partial charge on any atom is -0.310 e. The molecule has 94 valence electrons. The molecule has 0 aliphatic carbocycles. The lowest BCUT2D eigenvalue weighted by Crippen LogP contribution is -2.22. The quantitative estimate of drug-likeness (QED) is 0.856. The molecule has 0 bridgehead atoms. The van der Waals surface area contributed by atoms with E-state index in [1.807, 2.05) is 24.3 Å². The first-order valence-electron chi connectivity index (χ1n) is 6.24. The molecule has 0 unspecified atom stereocenters. The van der Waals surface area contributed by atoms with E-state index in [0.717, 1.165) is 17.7 Å². The Morgan fingerprint density at radius 3 is 2.56 bits per heavy atom. The first kappa shape index (κ1) is 12.8. The Hall–Kier alpha value is -1.67. The Labute approximate surface area is 108 Å². The van der Waals surface area contributed by atoms with Crippen LogP contribution in [0.15, 0.2) is 48.5 Å². The number of hydrogen-bond donors (Lipinski definition) is 1. The molecule has 18 heavy (non-hydrogen) atoms. The number of halogens is 1. The molecule has 2 aromatic carbocycles. The fourth-order valence-electron chi connectivity index (χ4n) is 1.93. The molecule has 0 aromatic heterocycles. The smallest absolute Gasteiger partial charge is 0.123 e. The van der Waals surface area contributed by atoms with Crippen molar-refractivity contribution in [1.82, 2.24) is 5.32 Å². The molecular formula is C16H18FN. The van der Waals surface area contributed by atoms with Crippen LogP contribution in [-0.4, -0.2) is 6.04 Å². The van der Waals surface area contributed by atoms with Gasteiger partial charge < -0.3 is 5.32 Å². The van der Waals surface area contributed by atoms with Gasteiger partial charge in [-0.15, -0.1) is 0 Å². The normalized spacial score (nSPS) is 10.9. The average Bonchev–Trinajstić information content (AvgIpc) is 2.36. The first-order valence-corrected chi connectivity index (χ1v) is 6.24. The van der Waals surface area contributed by atoms with Crippen molar-refractivity contribution in [3.63, 3.8) is 0 Å². The van der Waals surface area contributed by atoms with Crippen molar-refractivity contribution < 1.29 is 4.39 Å². The van der Waals surface area contributed by atoms with E-state index in [0.29, 0.717) is 6.04 Å². The predicted octanol–water partition coefficient (Wildman–Crippen LogP) is 3.99. The Morgan fingerprint density at radius 2 is 1.83 bits per heavy atom. The van der Waals surface area contributed by atoms with Gasteiger partial charge >= 0.3 is 0 Å². The third-order valence-electron chi connectivity index (χ3n) is 2.85. The summed E-state index contributed by atoms with van der Waals surface area (Å²) in [6.45, 7) is 5.03. The van der Waals surface area contributed by atoms with Gasteiger partial charge in [0.05, 0.1) is 0 Å². The molecule has 1 nitrogen and oxygen atoms in total. The van der Waals surface area contributed by atoms with Crippen molar-refractivity contribution >= 4 is 0 Å². The Kier molecular flexibility index (Phi) is 4.11. The molecular weight excluding hydrogens is 225 g/mol. The fourth-order valence-corrected chi connectivity index (χ4v) is 1.93. The maximum absolute atomic E-state index is 13.3. The summed E-state index contributed by atoms with van der Waals surface area (Å²) >= 11 is 0. The van der Waals surface area contributed by atoms with Crippen molar-refractivity contribution in [3.05, 3.63) is 59.9 Å². The lowest BCUT2D eigenvalue weighted by atomic mass is 9.99. The Balaban J connectivity index is 2.32. The van der Waals surface area contributed by atoms with Gasteiger partial charge in [0.1, 0.15) is 5.82 Å². The molecule has 0 fully saturated rings. The molecule has 2 heteroatoms. The van der Waals surface area contributed by atoms with Crippen LogP contribution in [-0.2, 0) is 6.54 Å². The second-order valence-corrected chi connectivity index (χ2v) is 4.70. The first-order chi connectivity index (χ1) is 8.66.